The van der Waals surface area contributed by atoms with Gasteiger partial charge < -0.3 is 4.74 Å². The van der Waals surface area contributed by atoms with Gasteiger partial charge in [0.05, 0.1) is 6.61 Å². The van der Waals surface area contributed by atoms with Crippen LogP contribution in [0.4, 0.5) is 4.79 Å². The maximum absolute atomic E-state index is 13.6. The highest BCUT2D eigenvalue weighted by molar-refractivity contribution is 8.08. The fourth-order valence-electron chi connectivity index (χ4n) is 3.57. The Morgan fingerprint density at radius 2 is 1.30 bits per heavy atom. The van der Waals surface area contributed by atoms with E-state index in [9.17, 15) is 4.79 Å². The average Bonchev–Trinajstić information content (AvgIpc) is 2.70. The Labute approximate surface area is 162 Å². The van der Waals surface area contributed by atoms with Crippen molar-refractivity contribution in [3.05, 3.63) is 89.5 Å². The highest BCUT2D eigenvalue weighted by Gasteiger charge is 2.56. The summed E-state index contributed by atoms with van der Waals surface area (Å²) in [6.45, 7) is 8.60. The van der Waals surface area contributed by atoms with Gasteiger partial charge in [-0.1, -0.05) is 42.5 Å². The van der Waals surface area contributed by atoms with Gasteiger partial charge in [0.15, 0.2) is 0 Å². The Bertz CT molecular complexity index is 894. The molecule has 0 aliphatic heterocycles. The Kier molecular flexibility index (Phi) is 5.77. The topological polar surface area (TPSA) is 26.3 Å². The molecule has 0 saturated heterocycles. The van der Waals surface area contributed by atoms with Crippen molar-refractivity contribution in [1.29, 1.82) is 0 Å². The molecule has 0 N–H and O–H groups in total. The lowest BCUT2D eigenvalue weighted by molar-refractivity contribution is 0.180. The van der Waals surface area contributed by atoms with Crippen LogP contribution in [0.25, 0.3) is 0 Å². The third-order valence-corrected chi connectivity index (χ3v) is 9.25. The summed E-state index contributed by atoms with van der Waals surface area (Å²) in [5, 5.41) is 3.14. The van der Waals surface area contributed by atoms with E-state index in [1.54, 1.807) is 0 Å². The molecule has 0 fully saturated rings. The number of carbonyl (C=O) groups is 1. The van der Waals surface area contributed by atoms with Gasteiger partial charge in [0.25, 0.3) is 0 Å². The predicted octanol–water partition coefficient (Wildman–Crippen LogP) is 5.06. The van der Waals surface area contributed by atoms with Gasteiger partial charge in [0, 0.05) is 0 Å². The number of benzene rings is 3. The highest BCUT2D eigenvalue weighted by Crippen LogP contribution is 2.57. The fourth-order valence-corrected chi connectivity index (χ4v) is 7.57. The lowest BCUT2D eigenvalue weighted by Gasteiger charge is -2.26. The average molecular weight is 377 g/mol. The standard InChI is InChI=1S/C24H26O2P/c1-5-26-24(25)27(21-12-8-6-9-13-21,22-14-10-7-11-15-22)23-17-16-18(2)19(3)20(23)4/h6-17H,5H2,1-4H3/q+1. The molecule has 0 heterocycles. The summed E-state index contributed by atoms with van der Waals surface area (Å²) in [6, 6.07) is 24.5. The minimum Gasteiger partial charge on any atom is -0.436 e. The Hall–Kier alpha value is -2.44. The molecule has 0 atom stereocenters. The first-order valence-corrected chi connectivity index (χ1v) is 11.1. The van der Waals surface area contributed by atoms with E-state index in [-0.39, 0.29) is 5.71 Å². The normalized spacial score (nSPS) is 11.3. The van der Waals surface area contributed by atoms with E-state index in [2.05, 4.69) is 57.2 Å². The Morgan fingerprint density at radius 1 is 0.778 bits per heavy atom. The van der Waals surface area contributed by atoms with E-state index in [0.29, 0.717) is 6.61 Å². The highest BCUT2D eigenvalue weighted by atomic mass is 31.2. The van der Waals surface area contributed by atoms with Crippen molar-refractivity contribution in [3.8, 4) is 0 Å². The van der Waals surface area contributed by atoms with E-state index in [1.807, 2.05) is 43.3 Å². The van der Waals surface area contributed by atoms with Crippen LogP contribution in [0.3, 0.4) is 0 Å². The summed E-state index contributed by atoms with van der Waals surface area (Å²) >= 11 is 0. The van der Waals surface area contributed by atoms with Gasteiger partial charge in [0.2, 0.25) is 7.26 Å². The van der Waals surface area contributed by atoms with Crippen LogP contribution in [0, 0.1) is 20.8 Å². The quantitative estimate of drug-likeness (QED) is 0.581. The summed E-state index contributed by atoms with van der Waals surface area (Å²) in [7, 11) is -2.61. The zero-order chi connectivity index (χ0) is 19.4. The van der Waals surface area contributed by atoms with Crippen LogP contribution in [-0.2, 0) is 4.74 Å². The van der Waals surface area contributed by atoms with Gasteiger partial charge in [-0.3, -0.25) is 0 Å². The summed E-state index contributed by atoms with van der Waals surface area (Å²) in [5.41, 5.74) is 3.50. The second-order valence-corrected chi connectivity index (χ2v) is 9.91. The molecular formula is C24H26O2P+. The van der Waals surface area contributed by atoms with Crippen LogP contribution < -0.4 is 15.9 Å². The van der Waals surface area contributed by atoms with Crippen LogP contribution in [0.5, 0.6) is 0 Å². The van der Waals surface area contributed by atoms with Crippen LogP contribution in [0.15, 0.2) is 72.8 Å². The van der Waals surface area contributed by atoms with Gasteiger partial charge in [-0.05, 0) is 74.7 Å². The number of ether oxygens (including phenoxy) is 1. The van der Waals surface area contributed by atoms with Crippen LogP contribution in [0.2, 0.25) is 0 Å². The van der Waals surface area contributed by atoms with Crippen molar-refractivity contribution in [2.45, 2.75) is 27.7 Å². The van der Waals surface area contributed by atoms with Gasteiger partial charge in [-0.2, -0.15) is 0 Å². The van der Waals surface area contributed by atoms with Gasteiger partial charge in [0.1, 0.15) is 15.9 Å². The molecule has 0 bridgehead atoms. The molecule has 0 aromatic heterocycles. The molecule has 0 saturated carbocycles. The molecule has 3 aromatic rings. The maximum atomic E-state index is 13.6. The third-order valence-electron chi connectivity index (χ3n) is 5.22. The molecule has 0 spiro atoms. The number of aryl methyl sites for hydroxylation is 1. The Balaban J connectivity index is 2.45. The molecule has 0 unspecified atom stereocenters. The Morgan fingerprint density at radius 3 is 1.78 bits per heavy atom. The summed E-state index contributed by atoms with van der Waals surface area (Å²) in [5.74, 6) is 0. The van der Waals surface area contributed by atoms with Crippen molar-refractivity contribution >= 4 is 28.9 Å². The van der Waals surface area contributed by atoms with Crippen molar-refractivity contribution in [3.63, 3.8) is 0 Å². The molecule has 27 heavy (non-hydrogen) atoms. The number of carbonyl (C=O) groups excluding carboxylic acids is 1. The zero-order valence-electron chi connectivity index (χ0n) is 16.4. The third kappa shape index (κ3) is 3.31. The van der Waals surface area contributed by atoms with E-state index >= 15 is 0 Å². The SMILES string of the molecule is CCOC(=O)[P+](c1ccccc1)(c1ccccc1)c1ccc(C)c(C)c1C. The number of hydrogen-bond donors (Lipinski definition) is 0. The summed E-state index contributed by atoms with van der Waals surface area (Å²) < 4.78 is 5.71. The minimum absolute atomic E-state index is 0.131. The molecule has 0 aliphatic carbocycles. The molecule has 0 aliphatic rings. The first-order chi connectivity index (χ1) is 13.0. The minimum atomic E-state index is -2.61. The first-order valence-electron chi connectivity index (χ1n) is 9.28. The van der Waals surface area contributed by atoms with E-state index < -0.39 is 7.26 Å². The second kappa shape index (κ2) is 8.06. The molecule has 0 radical (unpaired) electrons. The maximum Gasteiger partial charge on any atom is 0.466 e. The van der Waals surface area contributed by atoms with E-state index in [1.165, 1.54) is 16.7 Å². The molecule has 2 nitrogen and oxygen atoms in total. The van der Waals surface area contributed by atoms with Crippen LogP contribution >= 0.6 is 7.26 Å². The molecule has 138 valence electrons. The van der Waals surface area contributed by atoms with Crippen molar-refractivity contribution in [2.75, 3.05) is 6.61 Å². The lowest BCUT2D eigenvalue weighted by Crippen LogP contribution is -2.38. The largest absolute Gasteiger partial charge is 0.466 e. The molecule has 0 amide bonds. The smallest absolute Gasteiger partial charge is 0.436 e. The lowest BCUT2D eigenvalue weighted by atomic mass is 10.1. The molecule has 3 aromatic carbocycles. The van der Waals surface area contributed by atoms with E-state index in [0.717, 1.165) is 15.9 Å². The van der Waals surface area contributed by atoms with Crippen molar-refractivity contribution in [1.82, 2.24) is 0 Å². The second-order valence-electron chi connectivity index (χ2n) is 6.69. The monoisotopic (exact) mass is 377 g/mol. The van der Waals surface area contributed by atoms with Crippen LogP contribution in [-0.4, -0.2) is 12.3 Å². The van der Waals surface area contributed by atoms with Crippen molar-refractivity contribution < 1.29 is 9.53 Å². The zero-order valence-corrected chi connectivity index (χ0v) is 17.3. The van der Waals surface area contributed by atoms with Gasteiger partial charge in [-0.25, -0.2) is 4.79 Å². The summed E-state index contributed by atoms with van der Waals surface area (Å²) in [6.07, 6.45) is 0. The molecule has 3 rings (SSSR count). The van der Waals surface area contributed by atoms with E-state index in [4.69, 9.17) is 4.74 Å². The van der Waals surface area contributed by atoms with Gasteiger partial charge in [-0.15, -0.1) is 0 Å². The number of hydrogen-bond acceptors (Lipinski definition) is 2. The first kappa shape index (κ1) is 19.3. The fraction of sp³-hybridized carbons (Fsp3) is 0.208. The predicted molar refractivity (Wildman–Crippen MR) is 116 cm³/mol. The number of rotatable bonds is 5. The van der Waals surface area contributed by atoms with Crippen molar-refractivity contribution in [2.24, 2.45) is 0 Å². The van der Waals surface area contributed by atoms with Crippen LogP contribution in [0.1, 0.15) is 23.6 Å². The molecular weight excluding hydrogens is 351 g/mol. The summed E-state index contributed by atoms with van der Waals surface area (Å²) in [4.78, 5) is 13.6. The van der Waals surface area contributed by atoms with Gasteiger partial charge >= 0.3 is 5.71 Å². The molecule has 3 heteroatoms.